The molecule has 4 rings (SSSR count). The minimum absolute atomic E-state index is 0.0300. The smallest absolute Gasteiger partial charge is 0.255 e. The minimum Gasteiger partial charge on any atom is -0.497 e. The minimum atomic E-state index is -0.524. The first-order valence-corrected chi connectivity index (χ1v) is 9.29. The number of methoxy groups -OCH3 is 1. The van der Waals surface area contributed by atoms with Gasteiger partial charge in [-0.2, -0.15) is 0 Å². The zero-order valence-corrected chi connectivity index (χ0v) is 15.8. The first-order chi connectivity index (χ1) is 13.5. The molecule has 0 N–H and O–H groups in total. The normalized spacial score (nSPS) is 23.6. The number of amides is 2. The lowest BCUT2D eigenvalue weighted by atomic mass is 9.89. The van der Waals surface area contributed by atoms with Crippen LogP contribution in [0.25, 0.3) is 0 Å². The number of rotatable bonds is 3. The first kappa shape index (κ1) is 18.4. The Morgan fingerprint density at radius 1 is 1.14 bits per heavy atom. The summed E-state index contributed by atoms with van der Waals surface area (Å²) >= 11 is 0. The van der Waals surface area contributed by atoms with Gasteiger partial charge in [0, 0.05) is 44.6 Å². The van der Waals surface area contributed by atoms with Gasteiger partial charge in [-0.3, -0.25) is 14.6 Å². The molecule has 6 nitrogen and oxygen atoms in total. The van der Waals surface area contributed by atoms with Gasteiger partial charge in [0.05, 0.1) is 24.9 Å². The average Bonchev–Trinajstić information content (AvgIpc) is 3.25. The molecule has 1 aromatic carbocycles. The van der Waals surface area contributed by atoms with E-state index in [4.69, 9.17) is 4.74 Å². The third kappa shape index (κ3) is 3.21. The van der Waals surface area contributed by atoms with E-state index in [9.17, 15) is 14.0 Å². The molecule has 1 aromatic heterocycles. The van der Waals surface area contributed by atoms with Crippen molar-refractivity contribution in [1.29, 1.82) is 0 Å². The van der Waals surface area contributed by atoms with Crippen LogP contribution in [-0.4, -0.2) is 53.3 Å². The number of nitrogens with zero attached hydrogens (tertiary/aromatic N) is 3. The lowest BCUT2D eigenvalue weighted by molar-refractivity contribution is -0.130. The lowest BCUT2D eigenvalue weighted by Gasteiger charge is -2.29. The average molecular weight is 383 g/mol. The van der Waals surface area contributed by atoms with Crippen LogP contribution in [-0.2, 0) is 4.79 Å². The van der Waals surface area contributed by atoms with Gasteiger partial charge in [-0.25, -0.2) is 4.39 Å². The number of ether oxygens (including phenoxy) is 1. The Hall–Kier alpha value is -2.96. The molecule has 0 bridgehead atoms. The van der Waals surface area contributed by atoms with Gasteiger partial charge >= 0.3 is 0 Å². The fourth-order valence-corrected chi connectivity index (χ4v) is 4.47. The Labute approximate surface area is 162 Å². The van der Waals surface area contributed by atoms with E-state index in [2.05, 4.69) is 4.98 Å². The SMILES string of the molecule is COc1ccc([C@H]2[C@@H]3CN(C(=O)c4cncc(F)c4)C[C@@H]3CN2C(C)=O)cc1. The number of aromatic nitrogens is 1. The Balaban J connectivity index is 1.58. The lowest BCUT2D eigenvalue weighted by Crippen LogP contribution is -2.36. The molecular weight excluding hydrogens is 361 g/mol. The molecule has 2 fully saturated rings. The van der Waals surface area contributed by atoms with Crippen LogP contribution in [0.2, 0.25) is 0 Å². The summed E-state index contributed by atoms with van der Waals surface area (Å²) in [4.78, 5) is 32.4. The third-order valence-corrected chi connectivity index (χ3v) is 5.76. The van der Waals surface area contributed by atoms with Gasteiger partial charge in [-0.1, -0.05) is 12.1 Å². The molecule has 0 spiro atoms. The van der Waals surface area contributed by atoms with Gasteiger partial charge in [0.15, 0.2) is 0 Å². The van der Waals surface area contributed by atoms with Crippen LogP contribution in [0.5, 0.6) is 5.75 Å². The quantitative estimate of drug-likeness (QED) is 0.817. The highest BCUT2D eigenvalue weighted by atomic mass is 19.1. The number of halogens is 1. The van der Waals surface area contributed by atoms with Crippen LogP contribution >= 0.6 is 0 Å². The maximum atomic E-state index is 13.4. The molecule has 7 heteroatoms. The molecule has 3 atom stereocenters. The van der Waals surface area contributed by atoms with Crippen LogP contribution in [0.1, 0.15) is 28.9 Å². The van der Waals surface area contributed by atoms with Gasteiger partial charge in [-0.15, -0.1) is 0 Å². The fourth-order valence-electron chi connectivity index (χ4n) is 4.47. The molecule has 2 aliphatic heterocycles. The molecule has 28 heavy (non-hydrogen) atoms. The first-order valence-electron chi connectivity index (χ1n) is 9.29. The summed E-state index contributed by atoms with van der Waals surface area (Å²) in [5.74, 6) is 0.384. The van der Waals surface area contributed by atoms with E-state index in [1.807, 2.05) is 29.2 Å². The van der Waals surface area contributed by atoms with Gasteiger partial charge in [0.2, 0.25) is 5.91 Å². The Bertz CT molecular complexity index is 902. The fraction of sp³-hybridized carbons (Fsp3) is 0.381. The molecule has 0 radical (unpaired) electrons. The summed E-state index contributed by atoms with van der Waals surface area (Å²) in [5, 5.41) is 0. The second-order valence-corrected chi connectivity index (χ2v) is 7.42. The van der Waals surface area contributed by atoms with E-state index in [-0.39, 0.29) is 35.3 Å². The summed E-state index contributed by atoms with van der Waals surface area (Å²) in [6.07, 6.45) is 2.47. The van der Waals surface area contributed by atoms with Crippen LogP contribution in [0.3, 0.4) is 0 Å². The maximum absolute atomic E-state index is 13.4. The van der Waals surface area contributed by atoms with Crippen molar-refractivity contribution in [2.75, 3.05) is 26.7 Å². The highest BCUT2D eigenvalue weighted by molar-refractivity contribution is 5.94. The van der Waals surface area contributed by atoms with Gasteiger partial charge in [0.1, 0.15) is 11.6 Å². The van der Waals surface area contributed by atoms with Gasteiger partial charge in [-0.05, 0) is 23.8 Å². The van der Waals surface area contributed by atoms with Crippen LogP contribution in [0, 0.1) is 17.7 Å². The van der Waals surface area contributed by atoms with Crippen molar-refractivity contribution < 1.29 is 18.7 Å². The number of carbonyl (C=O) groups excluding carboxylic acids is 2. The van der Waals surface area contributed by atoms with E-state index < -0.39 is 5.82 Å². The maximum Gasteiger partial charge on any atom is 0.255 e. The van der Waals surface area contributed by atoms with Crippen molar-refractivity contribution in [2.45, 2.75) is 13.0 Å². The molecule has 3 heterocycles. The van der Waals surface area contributed by atoms with Crippen LogP contribution in [0.15, 0.2) is 42.7 Å². The summed E-state index contributed by atoms with van der Waals surface area (Å²) in [6, 6.07) is 8.85. The number of benzene rings is 1. The van der Waals surface area contributed by atoms with Gasteiger partial charge < -0.3 is 14.5 Å². The standard InChI is InChI=1S/C21H22FN3O3/c1-13(26)25-11-16-10-24(21(27)15-7-17(22)9-23-8-15)12-19(16)20(25)14-3-5-18(28-2)6-4-14/h3-9,16,19-20H,10-12H2,1-2H3/t16-,19-,20+/m1/s1. The number of hydrogen-bond donors (Lipinski definition) is 0. The molecule has 2 aromatic rings. The van der Waals surface area contributed by atoms with Crippen molar-refractivity contribution in [3.63, 3.8) is 0 Å². The topological polar surface area (TPSA) is 62.7 Å². The van der Waals surface area contributed by atoms with Crippen molar-refractivity contribution in [2.24, 2.45) is 11.8 Å². The number of likely N-dealkylation sites (tertiary alicyclic amines) is 2. The molecule has 0 saturated carbocycles. The van der Waals surface area contributed by atoms with E-state index >= 15 is 0 Å². The van der Waals surface area contributed by atoms with E-state index in [0.717, 1.165) is 17.5 Å². The molecule has 2 aliphatic rings. The molecule has 2 amide bonds. The van der Waals surface area contributed by atoms with E-state index in [1.165, 1.54) is 12.3 Å². The highest BCUT2D eigenvalue weighted by Crippen LogP contribution is 2.45. The van der Waals surface area contributed by atoms with Crippen LogP contribution in [0.4, 0.5) is 4.39 Å². The van der Waals surface area contributed by atoms with Crippen molar-refractivity contribution in [3.05, 3.63) is 59.7 Å². The van der Waals surface area contributed by atoms with E-state index in [0.29, 0.717) is 19.6 Å². The monoisotopic (exact) mass is 383 g/mol. The Morgan fingerprint density at radius 2 is 1.89 bits per heavy atom. The van der Waals surface area contributed by atoms with Crippen molar-refractivity contribution in [3.8, 4) is 5.75 Å². The third-order valence-electron chi connectivity index (χ3n) is 5.76. The van der Waals surface area contributed by atoms with E-state index in [1.54, 1.807) is 18.9 Å². The Morgan fingerprint density at radius 3 is 2.54 bits per heavy atom. The molecule has 0 aliphatic carbocycles. The van der Waals surface area contributed by atoms with Gasteiger partial charge in [0.25, 0.3) is 5.91 Å². The second-order valence-electron chi connectivity index (χ2n) is 7.42. The largest absolute Gasteiger partial charge is 0.497 e. The number of fused-ring (bicyclic) bond motifs is 1. The zero-order chi connectivity index (χ0) is 19.8. The van der Waals surface area contributed by atoms with Crippen molar-refractivity contribution in [1.82, 2.24) is 14.8 Å². The highest BCUT2D eigenvalue weighted by Gasteiger charge is 2.49. The number of pyridine rings is 1. The Kier molecular flexibility index (Phi) is 4.75. The number of carbonyl (C=O) groups is 2. The molecular formula is C21H22FN3O3. The second kappa shape index (κ2) is 7.22. The summed E-state index contributed by atoms with van der Waals surface area (Å²) < 4.78 is 18.7. The molecule has 0 unspecified atom stereocenters. The molecule has 2 saturated heterocycles. The summed E-state index contributed by atoms with van der Waals surface area (Å²) in [6.45, 7) is 3.28. The predicted molar refractivity (Wildman–Crippen MR) is 100 cm³/mol. The number of hydrogen-bond acceptors (Lipinski definition) is 4. The van der Waals surface area contributed by atoms with Crippen LogP contribution < -0.4 is 4.74 Å². The summed E-state index contributed by atoms with van der Waals surface area (Å²) in [7, 11) is 1.62. The predicted octanol–water partition coefficient (Wildman–Crippen LogP) is 2.52. The zero-order valence-electron chi connectivity index (χ0n) is 15.8. The van der Waals surface area contributed by atoms with Crippen molar-refractivity contribution >= 4 is 11.8 Å². The summed E-state index contributed by atoms with van der Waals surface area (Å²) in [5.41, 5.74) is 1.29. The molecule has 146 valence electrons.